The number of hydrogen-bond donors (Lipinski definition) is 2. The van der Waals surface area contributed by atoms with E-state index < -0.39 is 11.9 Å². The van der Waals surface area contributed by atoms with E-state index in [0.717, 1.165) is 32.1 Å². The molecule has 120 valence electrons. The second-order valence-electron chi connectivity index (χ2n) is 6.83. The summed E-state index contributed by atoms with van der Waals surface area (Å²) in [4.78, 5) is 24.1. The summed E-state index contributed by atoms with van der Waals surface area (Å²) in [7, 11) is 0. The molecule has 0 radical (unpaired) electrons. The molecule has 0 heterocycles. The Morgan fingerprint density at radius 1 is 1.14 bits per heavy atom. The minimum Gasteiger partial charge on any atom is -0.481 e. The Labute approximate surface area is 131 Å². The molecule has 4 heteroatoms. The lowest BCUT2D eigenvalue weighted by Crippen LogP contribution is -2.49. The number of carboxylic acid groups (broad SMARTS) is 1. The van der Waals surface area contributed by atoms with Crippen LogP contribution in [0.3, 0.4) is 0 Å². The Balaban J connectivity index is 1.57. The average Bonchev–Trinajstić information content (AvgIpc) is 2.55. The highest BCUT2D eigenvalue weighted by Gasteiger charge is 2.47. The summed E-state index contributed by atoms with van der Waals surface area (Å²) in [6, 6.07) is 0. The Morgan fingerprint density at radius 2 is 1.86 bits per heavy atom. The number of aliphatic carboxylic acids is 1. The van der Waals surface area contributed by atoms with Gasteiger partial charge in [0.2, 0.25) is 5.91 Å². The van der Waals surface area contributed by atoms with Crippen LogP contribution < -0.4 is 5.32 Å². The van der Waals surface area contributed by atoms with E-state index in [1.54, 1.807) is 0 Å². The third kappa shape index (κ3) is 3.11. The van der Waals surface area contributed by atoms with Gasteiger partial charge >= 0.3 is 5.97 Å². The van der Waals surface area contributed by atoms with Gasteiger partial charge in [-0.2, -0.15) is 0 Å². The van der Waals surface area contributed by atoms with Crippen LogP contribution in [0.2, 0.25) is 0 Å². The molecule has 4 atom stereocenters. The summed E-state index contributed by atoms with van der Waals surface area (Å²) < 4.78 is 0. The fourth-order valence-electron chi connectivity index (χ4n) is 4.28. The van der Waals surface area contributed by atoms with Gasteiger partial charge in [-0.25, -0.2) is 0 Å². The van der Waals surface area contributed by atoms with Crippen LogP contribution in [0.4, 0.5) is 0 Å². The van der Waals surface area contributed by atoms with Crippen LogP contribution in [0, 0.1) is 23.7 Å². The number of allylic oxidation sites excluding steroid dienone is 3. The van der Waals surface area contributed by atoms with Gasteiger partial charge < -0.3 is 10.4 Å². The van der Waals surface area contributed by atoms with Gasteiger partial charge in [-0.3, -0.25) is 9.59 Å². The maximum Gasteiger partial charge on any atom is 0.307 e. The third-order valence-electron chi connectivity index (χ3n) is 5.47. The largest absolute Gasteiger partial charge is 0.481 e. The van der Waals surface area contributed by atoms with E-state index in [1.807, 2.05) is 6.08 Å². The van der Waals surface area contributed by atoms with Crippen molar-refractivity contribution in [2.24, 2.45) is 23.7 Å². The lowest BCUT2D eigenvalue weighted by atomic mass is 9.62. The maximum absolute atomic E-state index is 12.5. The minimum absolute atomic E-state index is 0.0271. The zero-order valence-corrected chi connectivity index (χ0v) is 13.0. The van der Waals surface area contributed by atoms with Crippen LogP contribution in [-0.4, -0.2) is 23.5 Å². The summed E-state index contributed by atoms with van der Waals surface area (Å²) in [5, 5.41) is 12.5. The Kier molecular flexibility index (Phi) is 4.65. The van der Waals surface area contributed by atoms with Crippen LogP contribution >= 0.6 is 0 Å². The first-order chi connectivity index (χ1) is 10.7. The van der Waals surface area contributed by atoms with Gasteiger partial charge in [-0.05, 0) is 56.8 Å². The van der Waals surface area contributed by atoms with Crippen molar-refractivity contribution in [3.63, 3.8) is 0 Å². The fourth-order valence-corrected chi connectivity index (χ4v) is 4.28. The maximum atomic E-state index is 12.5. The summed E-state index contributed by atoms with van der Waals surface area (Å²) >= 11 is 0. The zero-order valence-electron chi connectivity index (χ0n) is 13.0. The Morgan fingerprint density at radius 3 is 2.45 bits per heavy atom. The molecule has 1 amide bonds. The van der Waals surface area contributed by atoms with Crippen LogP contribution in [0.15, 0.2) is 23.8 Å². The first-order valence-corrected chi connectivity index (χ1v) is 8.53. The van der Waals surface area contributed by atoms with E-state index in [4.69, 9.17) is 0 Å². The lowest BCUT2D eigenvalue weighted by molar-refractivity contribution is -0.152. The number of carbonyl (C=O) groups is 2. The van der Waals surface area contributed by atoms with Crippen molar-refractivity contribution in [2.75, 3.05) is 6.54 Å². The molecule has 0 aliphatic heterocycles. The first kappa shape index (κ1) is 15.3. The summed E-state index contributed by atoms with van der Waals surface area (Å²) in [6.45, 7) is 0.634. The van der Waals surface area contributed by atoms with Crippen LogP contribution in [0.25, 0.3) is 0 Å². The highest BCUT2D eigenvalue weighted by molar-refractivity contribution is 5.86. The van der Waals surface area contributed by atoms with Crippen LogP contribution in [-0.2, 0) is 9.59 Å². The van der Waals surface area contributed by atoms with E-state index in [-0.39, 0.29) is 23.7 Å². The SMILES string of the molecule is O=C(O)C1C2C=CC(CC2)C1C(=O)NCCC1=CCCCC1. The Bertz CT molecular complexity index is 508. The molecule has 1 fully saturated rings. The minimum atomic E-state index is -0.825. The van der Waals surface area contributed by atoms with E-state index in [1.165, 1.54) is 18.4 Å². The topological polar surface area (TPSA) is 66.4 Å². The van der Waals surface area contributed by atoms with Gasteiger partial charge in [-0.15, -0.1) is 0 Å². The molecule has 4 unspecified atom stereocenters. The normalized spacial score (nSPS) is 33.4. The summed E-state index contributed by atoms with van der Waals surface area (Å²) in [6.07, 6.45) is 13.9. The van der Waals surface area contributed by atoms with Crippen LogP contribution in [0.5, 0.6) is 0 Å². The average molecular weight is 303 g/mol. The van der Waals surface area contributed by atoms with E-state index in [0.29, 0.717) is 6.54 Å². The number of carbonyl (C=O) groups excluding carboxylic acids is 1. The van der Waals surface area contributed by atoms with Gasteiger partial charge in [0.05, 0.1) is 11.8 Å². The molecule has 4 aliphatic carbocycles. The first-order valence-electron chi connectivity index (χ1n) is 8.53. The molecule has 0 aromatic carbocycles. The summed E-state index contributed by atoms with van der Waals surface area (Å²) in [5.74, 6) is -1.70. The lowest BCUT2D eigenvalue weighted by Gasteiger charge is -2.41. The van der Waals surface area contributed by atoms with Gasteiger partial charge in [0.25, 0.3) is 0 Å². The molecule has 4 nitrogen and oxygen atoms in total. The monoisotopic (exact) mass is 303 g/mol. The van der Waals surface area contributed by atoms with Gasteiger partial charge in [0.15, 0.2) is 0 Å². The third-order valence-corrected chi connectivity index (χ3v) is 5.47. The number of hydrogen-bond acceptors (Lipinski definition) is 2. The van der Waals surface area contributed by atoms with Gasteiger partial charge in [0, 0.05) is 6.54 Å². The quantitative estimate of drug-likeness (QED) is 0.767. The second kappa shape index (κ2) is 6.67. The van der Waals surface area contributed by atoms with Crippen molar-refractivity contribution in [1.29, 1.82) is 0 Å². The smallest absolute Gasteiger partial charge is 0.307 e. The van der Waals surface area contributed by atoms with E-state index >= 15 is 0 Å². The van der Waals surface area contributed by atoms with Crippen molar-refractivity contribution in [3.8, 4) is 0 Å². The highest BCUT2D eigenvalue weighted by atomic mass is 16.4. The molecule has 2 N–H and O–H groups in total. The molecule has 22 heavy (non-hydrogen) atoms. The van der Waals surface area contributed by atoms with E-state index in [2.05, 4.69) is 17.5 Å². The van der Waals surface area contributed by atoms with E-state index in [9.17, 15) is 14.7 Å². The number of nitrogens with one attached hydrogen (secondary N) is 1. The van der Waals surface area contributed by atoms with Crippen molar-refractivity contribution >= 4 is 11.9 Å². The fraction of sp³-hybridized carbons (Fsp3) is 0.667. The molecule has 0 aromatic rings. The standard InChI is InChI=1S/C18H25NO3/c20-17(19-11-10-12-4-2-1-3-5-12)15-13-6-8-14(9-7-13)16(15)18(21)22/h4,6,8,13-16H,1-3,5,7,9-11H2,(H,19,20)(H,21,22). The van der Waals surface area contributed by atoms with Gasteiger partial charge in [-0.1, -0.05) is 23.8 Å². The molecular formula is C18H25NO3. The molecule has 4 rings (SSSR count). The molecule has 4 aliphatic rings. The van der Waals surface area contributed by atoms with Crippen molar-refractivity contribution in [3.05, 3.63) is 23.8 Å². The molecular weight excluding hydrogens is 278 g/mol. The number of rotatable bonds is 5. The van der Waals surface area contributed by atoms with Crippen molar-refractivity contribution in [1.82, 2.24) is 5.32 Å². The Hall–Kier alpha value is -1.58. The molecule has 0 spiro atoms. The molecule has 2 bridgehead atoms. The molecule has 0 aromatic heterocycles. The zero-order chi connectivity index (χ0) is 15.5. The number of fused-ring (bicyclic) bond motifs is 2. The number of carboxylic acids is 1. The van der Waals surface area contributed by atoms with Crippen molar-refractivity contribution < 1.29 is 14.7 Å². The molecule has 1 saturated carbocycles. The van der Waals surface area contributed by atoms with Crippen molar-refractivity contribution in [2.45, 2.75) is 44.9 Å². The highest BCUT2D eigenvalue weighted by Crippen LogP contribution is 2.45. The predicted molar refractivity (Wildman–Crippen MR) is 84.1 cm³/mol. The predicted octanol–water partition coefficient (Wildman–Crippen LogP) is 2.91. The summed E-state index contributed by atoms with van der Waals surface area (Å²) in [5.41, 5.74) is 1.44. The van der Waals surface area contributed by atoms with Gasteiger partial charge in [0.1, 0.15) is 0 Å². The number of amides is 1. The second-order valence-corrected chi connectivity index (χ2v) is 6.83. The molecule has 0 saturated heterocycles. The van der Waals surface area contributed by atoms with Crippen LogP contribution in [0.1, 0.15) is 44.9 Å².